The Bertz CT molecular complexity index is 983. The summed E-state index contributed by atoms with van der Waals surface area (Å²) >= 11 is 7.46. The number of carbonyl (C=O) groups is 1. The first-order valence-corrected chi connectivity index (χ1v) is 10.8. The fraction of sp³-hybridized carbons (Fsp3) is 0.273. The predicted octanol–water partition coefficient (Wildman–Crippen LogP) is 5.27. The lowest BCUT2D eigenvalue weighted by molar-refractivity contribution is -0.131. The van der Waals surface area contributed by atoms with Crippen LogP contribution in [0.1, 0.15) is 24.8 Å². The highest BCUT2D eigenvalue weighted by molar-refractivity contribution is 7.98. The highest BCUT2D eigenvalue weighted by atomic mass is 35.5. The molecule has 0 fully saturated rings. The predicted molar refractivity (Wildman–Crippen MR) is 120 cm³/mol. The van der Waals surface area contributed by atoms with Gasteiger partial charge in [0.2, 0.25) is 5.91 Å². The first-order valence-electron chi connectivity index (χ1n) is 9.65. The maximum absolute atomic E-state index is 13.1. The molecule has 9 heteroatoms. The van der Waals surface area contributed by atoms with E-state index in [2.05, 4.69) is 9.13 Å². The maximum atomic E-state index is 13.1. The number of amides is 1. The molecule has 1 aliphatic heterocycles. The zero-order chi connectivity index (χ0) is 22.4. The average molecular weight is 466 g/mol. The van der Waals surface area contributed by atoms with E-state index in [1.165, 1.54) is 24.1 Å². The molecule has 0 radical (unpaired) electrons. The van der Waals surface area contributed by atoms with Gasteiger partial charge >= 0.3 is 6.61 Å². The zero-order valence-electron chi connectivity index (χ0n) is 16.8. The topological polar surface area (TPSA) is 67.9 Å². The van der Waals surface area contributed by atoms with Gasteiger partial charge in [0.25, 0.3) is 0 Å². The van der Waals surface area contributed by atoms with E-state index in [0.29, 0.717) is 30.2 Å². The van der Waals surface area contributed by atoms with Crippen LogP contribution < -0.4 is 10.5 Å². The Labute approximate surface area is 189 Å². The normalized spacial score (nSPS) is 15.2. The molecular formula is C22H22ClF2N3O2S. The molecule has 1 unspecified atom stereocenters. The van der Waals surface area contributed by atoms with Gasteiger partial charge in [0, 0.05) is 45.9 Å². The van der Waals surface area contributed by atoms with Gasteiger partial charge in [-0.05, 0) is 42.3 Å². The molecule has 2 aromatic rings. The van der Waals surface area contributed by atoms with Crippen molar-refractivity contribution in [1.82, 2.24) is 4.90 Å². The molecule has 1 amide bonds. The number of benzene rings is 2. The van der Waals surface area contributed by atoms with Gasteiger partial charge in [-0.2, -0.15) is 8.78 Å². The van der Waals surface area contributed by atoms with Gasteiger partial charge in [-0.25, -0.2) is 4.40 Å². The second kappa shape index (κ2) is 10.6. The number of hydrogen-bond acceptors (Lipinski definition) is 5. The minimum Gasteiger partial charge on any atom is -0.435 e. The van der Waals surface area contributed by atoms with Crippen molar-refractivity contribution in [2.24, 2.45) is 10.1 Å². The second-order valence-electron chi connectivity index (χ2n) is 6.90. The molecular weight excluding hydrogens is 444 g/mol. The molecule has 0 aliphatic carbocycles. The van der Waals surface area contributed by atoms with Crippen LogP contribution >= 0.6 is 23.5 Å². The van der Waals surface area contributed by atoms with Crippen molar-refractivity contribution in [3.8, 4) is 5.75 Å². The van der Waals surface area contributed by atoms with Crippen LogP contribution in [0.25, 0.3) is 0 Å². The summed E-state index contributed by atoms with van der Waals surface area (Å²) in [4.78, 5) is 15.6. The molecule has 0 saturated carbocycles. The number of nitrogens with zero attached hydrogens (tertiary/aromatic N) is 2. The van der Waals surface area contributed by atoms with Gasteiger partial charge in [-0.15, -0.1) is 0 Å². The Morgan fingerprint density at radius 3 is 2.61 bits per heavy atom. The fourth-order valence-corrected chi connectivity index (χ4v) is 4.12. The molecule has 2 aromatic carbocycles. The van der Waals surface area contributed by atoms with Gasteiger partial charge in [0.1, 0.15) is 5.75 Å². The first-order chi connectivity index (χ1) is 14.9. The lowest BCUT2D eigenvalue weighted by atomic mass is 9.95. The summed E-state index contributed by atoms with van der Waals surface area (Å²) in [6, 6.07) is 13.5. The van der Waals surface area contributed by atoms with Gasteiger partial charge in [0.15, 0.2) is 0 Å². The van der Waals surface area contributed by atoms with Crippen LogP contribution in [0.15, 0.2) is 69.1 Å². The highest BCUT2D eigenvalue weighted by Gasteiger charge is 2.30. The van der Waals surface area contributed by atoms with E-state index < -0.39 is 6.61 Å². The molecule has 0 bridgehead atoms. The minimum absolute atomic E-state index is 0.0239. The van der Waals surface area contributed by atoms with E-state index >= 15 is 0 Å². The largest absolute Gasteiger partial charge is 0.435 e. The van der Waals surface area contributed by atoms with Crippen molar-refractivity contribution < 1.29 is 18.3 Å². The van der Waals surface area contributed by atoms with Crippen molar-refractivity contribution >= 4 is 35.7 Å². The Balaban J connectivity index is 1.60. The molecule has 5 nitrogen and oxygen atoms in total. The standard InChI is InChI=1S/C22H22ClF2N3O2S/c1-2-17(18-5-3-4-6-19(18)23)21(29)28-12-14(20(26)13-28)11-27-31-16-9-7-15(8-10-16)30-22(24)25/h3-11,17,22H,2,12-13,26H2,1H3/b27-11+. The van der Waals surface area contributed by atoms with Crippen LogP contribution in [0.5, 0.6) is 5.75 Å². The highest BCUT2D eigenvalue weighted by Crippen LogP contribution is 2.30. The molecule has 164 valence electrons. The smallest absolute Gasteiger partial charge is 0.387 e. The lowest BCUT2D eigenvalue weighted by Gasteiger charge is -2.23. The van der Waals surface area contributed by atoms with Crippen molar-refractivity contribution in [3.05, 3.63) is 70.4 Å². The number of halogens is 3. The third-order valence-electron chi connectivity index (χ3n) is 4.85. The Morgan fingerprint density at radius 2 is 1.97 bits per heavy atom. The average Bonchev–Trinajstić information content (AvgIpc) is 3.11. The molecule has 2 N–H and O–H groups in total. The number of hydrogen-bond donors (Lipinski definition) is 1. The van der Waals surface area contributed by atoms with Gasteiger partial charge < -0.3 is 15.4 Å². The molecule has 3 rings (SSSR count). The summed E-state index contributed by atoms with van der Waals surface area (Å²) < 4.78 is 33.0. The van der Waals surface area contributed by atoms with Crippen molar-refractivity contribution in [1.29, 1.82) is 0 Å². The van der Waals surface area contributed by atoms with Crippen molar-refractivity contribution in [2.75, 3.05) is 13.1 Å². The first kappa shape index (κ1) is 23.1. The summed E-state index contributed by atoms with van der Waals surface area (Å²) in [6.07, 6.45) is 2.26. The quantitative estimate of drug-likeness (QED) is 0.426. The van der Waals surface area contributed by atoms with E-state index in [1.807, 2.05) is 25.1 Å². The summed E-state index contributed by atoms with van der Waals surface area (Å²) in [6.45, 7) is -0.192. The van der Waals surface area contributed by atoms with Crippen LogP contribution in [0, 0.1) is 0 Å². The second-order valence-corrected chi connectivity index (χ2v) is 8.17. The van der Waals surface area contributed by atoms with E-state index in [9.17, 15) is 13.6 Å². The zero-order valence-corrected chi connectivity index (χ0v) is 18.4. The Morgan fingerprint density at radius 1 is 1.26 bits per heavy atom. The number of alkyl halides is 2. The lowest BCUT2D eigenvalue weighted by Crippen LogP contribution is -2.34. The summed E-state index contributed by atoms with van der Waals surface area (Å²) in [7, 11) is 0. The molecule has 0 spiro atoms. The SMILES string of the molecule is CCC(C(=O)N1CC(N)=C(/C=N/Sc2ccc(OC(F)F)cc2)C1)c1ccccc1Cl. The Hall–Kier alpha value is -2.58. The van der Waals surface area contributed by atoms with Crippen LogP contribution in [0.3, 0.4) is 0 Å². The van der Waals surface area contributed by atoms with E-state index in [0.717, 1.165) is 16.0 Å². The van der Waals surface area contributed by atoms with Crippen molar-refractivity contribution in [2.45, 2.75) is 30.8 Å². The van der Waals surface area contributed by atoms with E-state index in [-0.39, 0.29) is 17.6 Å². The summed E-state index contributed by atoms with van der Waals surface area (Å²) in [5.74, 6) is -0.269. The van der Waals surface area contributed by atoms with Crippen molar-refractivity contribution in [3.63, 3.8) is 0 Å². The van der Waals surface area contributed by atoms with Crippen LogP contribution in [0.4, 0.5) is 8.78 Å². The van der Waals surface area contributed by atoms with E-state index in [4.69, 9.17) is 17.3 Å². The number of carbonyl (C=O) groups excluding carboxylic acids is 1. The fourth-order valence-electron chi connectivity index (χ4n) is 3.29. The molecule has 0 saturated heterocycles. The third kappa shape index (κ3) is 5.98. The van der Waals surface area contributed by atoms with Crippen LogP contribution in [-0.2, 0) is 4.79 Å². The van der Waals surface area contributed by atoms with E-state index in [1.54, 1.807) is 29.3 Å². The van der Waals surface area contributed by atoms with Gasteiger partial charge in [-0.1, -0.05) is 36.7 Å². The number of ether oxygens (including phenoxy) is 1. The molecule has 0 aromatic heterocycles. The van der Waals surface area contributed by atoms with Crippen LogP contribution in [0.2, 0.25) is 5.02 Å². The number of rotatable bonds is 8. The molecule has 1 heterocycles. The summed E-state index contributed by atoms with van der Waals surface area (Å²) in [5.41, 5.74) is 8.31. The number of nitrogens with two attached hydrogens (primary N) is 1. The molecule has 1 atom stereocenters. The van der Waals surface area contributed by atoms with Gasteiger partial charge in [0.05, 0.1) is 12.5 Å². The van der Waals surface area contributed by atoms with Crippen LogP contribution in [-0.4, -0.2) is 36.7 Å². The molecule has 31 heavy (non-hydrogen) atoms. The maximum Gasteiger partial charge on any atom is 0.387 e. The van der Waals surface area contributed by atoms with Gasteiger partial charge in [-0.3, -0.25) is 4.79 Å². The molecule has 1 aliphatic rings. The third-order valence-corrected chi connectivity index (χ3v) is 5.89. The monoisotopic (exact) mass is 465 g/mol. The summed E-state index contributed by atoms with van der Waals surface area (Å²) in [5, 5.41) is 0.575. The minimum atomic E-state index is -2.86. The Kier molecular flexibility index (Phi) is 7.92.